The van der Waals surface area contributed by atoms with Crippen LogP contribution in [0.1, 0.15) is 11.1 Å². The molecule has 21 heavy (non-hydrogen) atoms. The molecule has 3 rings (SSSR count). The van der Waals surface area contributed by atoms with Crippen molar-refractivity contribution in [1.82, 2.24) is 4.98 Å². The molecule has 0 aliphatic carbocycles. The minimum Gasteiger partial charge on any atom is -0.402 e. The van der Waals surface area contributed by atoms with E-state index in [1.165, 1.54) is 0 Å². The molecule has 0 N–H and O–H groups in total. The summed E-state index contributed by atoms with van der Waals surface area (Å²) in [5, 5.41) is 0.872. The van der Waals surface area contributed by atoms with Crippen LogP contribution in [0.3, 0.4) is 0 Å². The molecular formula is C15H8Cl2N2O2. The van der Waals surface area contributed by atoms with Crippen molar-refractivity contribution in [3.8, 4) is 0 Å². The van der Waals surface area contributed by atoms with E-state index in [0.717, 1.165) is 5.56 Å². The van der Waals surface area contributed by atoms with Gasteiger partial charge in [0.15, 0.2) is 5.70 Å². The van der Waals surface area contributed by atoms with Crippen LogP contribution in [0, 0.1) is 0 Å². The number of pyridine rings is 1. The summed E-state index contributed by atoms with van der Waals surface area (Å²) in [6, 6.07) is 8.47. The van der Waals surface area contributed by atoms with Crippen molar-refractivity contribution in [1.29, 1.82) is 0 Å². The number of aromatic nitrogens is 1. The molecule has 1 aromatic carbocycles. The number of halogens is 2. The predicted molar refractivity (Wildman–Crippen MR) is 81.3 cm³/mol. The molecule has 104 valence electrons. The van der Waals surface area contributed by atoms with Crippen LogP contribution in [0.25, 0.3) is 6.08 Å². The van der Waals surface area contributed by atoms with Gasteiger partial charge in [0.05, 0.1) is 10.6 Å². The first-order valence-electron chi connectivity index (χ1n) is 6.01. The Balaban J connectivity index is 1.97. The molecule has 4 nitrogen and oxygen atoms in total. The van der Waals surface area contributed by atoms with E-state index in [0.29, 0.717) is 15.6 Å². The van der Waals surface area contributed by atoms with Gasteiger partial charge in [-0.2, -0.15) is 0 Å². The standard InChI is InChI=1S/C15H8Cl2N2O2/c16-10-3-4-11(12(17)7-10)14-19-13(15(20)21-14)6-9-2-1-5-18-8-9/h1-8H/b13-6+. The number of hydrogen-bond acceptors (Lipinski definition) is 4. The second-order valence-corrected chi connectivity index (χ2v) is 5.09. The average molecular weight is 319 g/mol. The van der Waals surface area contributed by atoms with Gasteiger partial charge in [-0.25, -0.2) is 9.79 Å². The highest BCUT2D eigenvalue weighted by Crippen LogP contribution is 2.26. The fraction of sp³-hybridized carbons (Fsp3) is 0. The molecule has 0 atom stereocenters. The van der Waals surface area contributed by atoms with Crippen LogP contribution in [0.15, 0.2) is 53.4 Å². The van der Waals surface area contributed by atoms with Gasteiger partial charge in [-0.05, 0) is 35.9 Å². The monoisotopic (exact) mass is 318 g/mol. The van der Waals surface area contributed by atoms with E-state index in [4.69, 9.17) is 27.9 Å². The Kier molecular flexibility index (Phi) is 3.73. The number of esters is 1. The molecule has 1 aliphatic heterocycles. The maximum absolute atomic E-state index is 11.8. The lowest BCUT2D eigenvalue weighted by Gasteiger charge is -2.02. The molecule has 0 fully saturated rings. The first-order chi connectivity index (χ1) is 10.1. The smallest absolute Gasteiger partial charge is 0.363 e. The highest BCUT2D eigenvalue weighted by molar-refractivity contribution is 6.37. The van der Waals surface area contributed by atoms with Crippen molar-refractivity contribution in [2.75, 3.05) is 0 Å². The van der Waals surface area contributed by atoms with E-state index in [-0.39, 0.29) is 11.6 Å². The molecule has 0 unspecified atom stereocenters. The maximum Gasteiger partial charge on any atom is 0.363 e. The van der Waals surface area contributed by atoms with Crippen molar-refractivity contribution >= 4 is 41.1 Å². The predicted octanol–water partition coefficient (Wildman–Crippen LogP) is 3.73. The van der Waals surface area contributed by atoms with Gasteiger partial charge in [-0.3, -0.25) is 4.98 Å². The molecule has 2 heterocycles. The van der Waals surface area contributed by atoms with Crippen LogP contribution in [0.5, 0.6) is 0 Å². The lowest BCUT2D eigenvalue weighted by Crippen LogP contribution is -2.05. The van der Waals surface area contributed by atoms with Crippen LogP contribution in [-0.4, -0.2) is 16.9 Å². The third-order valence-corrected chi connectivity index (χ3v) is 3.32. The molecule has 1 aliphatic rings. The van der Waals surface area contributed by atoms with E-state index in [2.05, 4.69) is 9.98 Å². The summed E-state index contributed by atoms with van der Waals surface area (Å²) in [6.45, 7) is 0. The number of nitrogens with zero attached hydrogens (tertiary/aromatic N) is 2. The van der Waals surface area contributed by atoms with Crippen molar-refractivity contribution in [3.05, 3.63) is 69.6 Å². The van der Waals surface area contributed by atoms with Gasteiger partial charge < -0.3 is 4.74 Å². The van der Waals surface area contributed by atoms with Crippen LogP contribution in [0.2, 0.25) is 10.0 Å². The third kappa shape index (κ3) is 2.96. The molecule has 0 spiro atoms. The first kappa shape index (κ1) is 13.8. The Hall–Kier alpha value is -2.17. The minimum absolute atomic E-state index is 0.164. The quantitative estimate of drug-likeness (QED) is 0.626. The largest absolute Gasteiger partial charge is 0.402 e. The molecule has 0 amide bonds. The molecule has 1 aromatic heterocycles. The van der Waals surface area contributed by atoms with Gasteiger partial charge in [0, 0.05) is 17.4 Å². The van der Waals surface area contributed by atoms with Gasteiger partial charge in [-0.15, -0.1) is 0 Å². The lowest BCUT2D eigenvalue weighted by molar-refractivity contribution is -0.129. The van der Waals surface area contributed by atoms with Gasteiger partial charge in [0.25, 0.3) is 0 Å². The molecule has 0 radical (unpaired) electrons. The van der Waals surface area contributed by atoms with E-state index in [1.807, 2.05) is 6.07 Å². The summed E-state index contributed by atoms with van der Waals surface area (Å²) in [6.07, 6.45) is 4.88. The Morgan fingerprint density at radius 1 is 1.19 bits per heavy atom. The Morgan fingerprint density at radius 2 is 2.05 bits per heavy atom. The zero-order valence-corrected chi connectivity index (χ0v) is 12.1. The Bertz CT molecular complexity index is 770. The fourth-order valence-electron chi connectivity index (χ4n) is 1.81. The van der Waals surface area contributed by atoms with Gasteiger partial charge >= 0.3 is 5.97 Å². The number of rotatable bonds is 2. The van der Waals surface area contributed by atoms with Crippen molar-refractivity contribution in [3.63, 3.8) is 0 Å². The SMILES string of the molecule is O=C1OC(c2ccc(Cl)cc2Cl)=N/C1=C/c1cccnc1. The number of ether oxygens (including phenoxy) is 1. The topological polar surface area (TPSA) is 51.5 Å². The van der Waals surface area contributed by atoms with Crippen LogP contribution < -0.4 is 0 Å². The van der Waals surface area contributed by atoms with E-state index in [9.17, 15) is 4.79 Å². The van der Waals surface area contributed by atoms with Crippen molar-refractivity contribution < 1.29 is 9.53 Å². The summed E-state index contributed by atoms with van der Waals surface area (Å²) in [7, 11) is 0. The maximum atomic E-state index is 11.8. The average Bonchev–Trinajstić information content (AvgIpc) is 2.81. The first-order valence-corrected chi connectivity index (χ1v) is 6.77. The summed E-state index contributed by atoms with van der Waals surface area (Å²) < 4.78 is 5.15. The van der Waals surface area contributed by atoms with Gasteiger partial charge in [-0.1, -0.05) is 29.3 Å². The third-order valence-electron chi connectivity index (χ3n) is 2.77. The molecule has 2 aromatic rings. The molecular weight excluding hydrogens is 311 g/mol. The number of carbonyl (C=O) groups is 1. The number of hydrogen-bond donors (Lipinski definition) is 0. The number of benzene rings is 1. The van der Waals surface area contributed by atoms with E-state index >= 15 is 0 Å². The zero-order chi connectivity index (χ0) is 14.8. The summed E-state index contributed by atoms with van der Waals surface area (Å²) >= 11 is 11.9. The van der Waals surface area contributed by atoms with Crippen molar-refractivity contribution in [2.24, 2.45) is 4.99 Å². The Morgan fingerprint density at radius 3 is 2.76 bits per heavy atom. The summed E-state index contributed by atoms with van der Waals surface area (Å²) in [5.41, 5.74) is 1.48. The summed E-state index contributed by atoms with van der Waals surface area (Å²) in [5.74, 6) is -0.364. The number of cyclic esters (lactones) is 1. The van der Waals surface area contributed by atoms with Gasteiger partial charge in [0.1, 0.15) is 0 Å². The lowest BCUT2D eigenvalue weighted by atomic mass is 10.2. The highest BCUT2D eigenvalue weighted by atomic mass is 35.5. The number of carbonyl (C=O) groups excluding carboxylic acids is 1. The van der Waals surface area contributed by atoms with Crippen LogP contribution >= 0.6 is 23.2 Å². The van der Waals surface area contributed by atoms with Crippen LogP contribution in [0.4, 0.5) is 0 Å². The second kappa shape index (κ2) is 5.68. The summed E-state index contributed by atoms with van der Waals surface area (Å²) in [4.78, 5) is 20.0. The molecule has 0 saturated heterocycles. The number of aliphatic imine (C=N–C) groups is 1. The molecule has 0 saturated carbocycles. The van der Waals surface area contributed by atoms with Crippen molar-refractivity contribution in [2.45, 2.75) is 0 Å². The minimum atomic E-state index is -0.528. The zero-order valence-electron chi connectivity index (χ0n) is 10.6. The Labute approximate surface area is 130 Å². The van der Waals surface area contributed by atoms with Crippen LogP contribution in [-0.2, 0) is 9.53 Å². The van der Waals surface area contributed by atoms with E-state index < -0.39 is 5.97 Å². The second-order valence-electron chi connectivity index (χ2n) is 4.25. The normalized spacial score (nSPS) is 16.0. The van der Waals surface area contributed by atoms with Gasteiger partial charge in [0.2, 0.25) is 5.90 Å². The molecule has 6 heteroatoms. The highest BCUT2D eigenvalue weighted by Gasteiger charge is 2.25. The molecule has 0 bridgehead atoms. The van der Waals surface area contributed by atoms with E-state index in [1.54, 1.807) is 42.7 Å². The fourth-order valence-corrected chi connectivity index (χ4v) is 2.30.